The maximum atomic E-state index is 4.21. The molecule has 0 aliphatic carbocycles. The zero-order chi connectivity index (χ0) is 10.6. The highest BCUT2D eigenvalue weighted by molar-refractivity contribution is 7.13. The normalized spacial score (nSPS) is 12.1. The molecule has 1 aromatic heterocycles. The summed E-state index contributed by atoms with van der Waals surface area (Å²) in [5.74, 6) is 0.753. The summed E-state index contributed by atoms with van der Waals surface area (Å²) >= 11 is 1.66. The van der Waals surface area contributed by atoms with Gasteiger partial charge in [-0.15, -0.1) is 11.3 Å². The molecule has 0 unspecified atom stereocenters. The largest absolute Gasteiger partial charge is 0.361 e. The summed E-state index contributed by atoms with van der Waals surface area (Å²) in [6.07, 6.45) is 3.08. The van der Waals surface area contributed by atoms with E-state index in [0.29, 0.717) is 5.41 Å². The van der Waals surface area contributed by atoms with Crippen LogP contribution in [0, 0.1) is 11.3 Å². The molecule has 2 nitrogen and oxygen atoms in total. The van der Waals surface area contributed by atoms with Crippen molar-refractivity contribution < 1.29 is 0 Å². The molecule has 0 aliphatic heterocycles. The van der Waals surface area contributed by atoms with Crippen molar-refractivity contribution in [3.63, 3.8) is 0 Å². The Hall–Kier alpha value is -0.570. The molecule has 0 atom stereocenters. The molecule has 0 radical (unpaired) electrons. The summed E-state index contributed by atoms with van der Waals surface area (Å²) in [6, 6.07) is 0. The molecule has 0 spiro atoms. The SMILES string of the molecule is CC(C)CC(C)(C)CNc1nccs1. The fraction of sp³-hybridized carbons (Fsp3) is 0.727. The van der Waals surface area contributed by atoms with Crippen LogP contribution in [0.2, 0.25) is 0 Å². The Morgan fingerprint density at radius 3 is 2.71 bits per heavy atom. The van der Waals surface area contributed by atoms with Crippen LogP contribution in [0.5, 0.6) is 0 Å². The lowest BCUT2D eigenvalue weighted by molar-refractivity contribution is 0.306. The third-order valence-electron chi connectivity index (χ3n) is 2.11. The van der Waals surface area contributed by atoms with E-state index in [1.807, 2.05) is 11.6 Å². The molecule has 14 heavy (non-hydrogen) atoms. The minimum absolute atomic E-state index is 0.347. The van der Waals surface area contributed by atoms with Crippen molar-refractivity contribution in [2.75, 3.05) is 11.9 Å². The first kappa shape index (κ1) is 11.5. The maximum absolute atomic E-state index is 4.21. The zero-order valence-electron chi connectivity index (χ0n) is 9.50. The standard InChI is InChI=1S/C11H20N2S/c1-9(2)7-11(3,4)8-13-10-12-5-6-14-10/h5-6,9H,7-8H2,1-4H3,(H,12,13). The summed E-state index contributed by atoms with van der Waals surface area (Å²) < 4.78 is 0. The first-order valence-electron chi connectivity index (χ1n) is 5.13. The quantitative estimate of drug-likeness (QED) is 0.806. The van der Waals surface area contributed by atoms with Crippen LogP contribution in [0.25, 0.3) is 0 Å². The van der Waals surface area contributed by atoms with Gasteiger partial charge in [0.25, 0.3) is 0 Å². The first-order valence-corrected chi connectivity index (χ1v) is 6.01. The molecule has 3 heteroatoms. The van der Waals surface area contributed by atoms with E-state index < -0.39 is 0 Å². The van der Waals surface area contributed by atoms with Crippen LogP contribution in [-0.4, -0.2) is 11.5 Å². The van der Waals surface area contributed by atoms with E-state index in [9.17, 15) is 0 Å². The number of aromatic nitrogens is 1. The molecule has 0 fully saturated rings. The lowest BCUT2D eigenvalue weighted by atomic mass is 9.84. The molecule has 0 aromatic carbocycles. The van der Waals surface area contributed by atoms with Gasteiger partial charge in [0.05, 0.1) is 0 Å². The molecule has 0 bridgehead atoms. The van der Waals surface area contributed by atoms with Gasteiger partial charge in [-0.3, -0.25) is 0 Å². The van der Waals surface area contributed by atoms with Crippen molar-refractivity contribution >= 4 is 16.5 Å². The second-order valence-electron chi connectivity index (χ2n) is 4.95. The van der Waals surface area contributed by atoms with E-state index in [1.165, 1.54) is 6.42 Å². The van der Waals surface area contributed by atoms with Crippen LogP contribution in [0.15, 0.2) is 11.6 Å². The van der Waals surface area contributed by atoms with Crippen LogP contribution in [0.1, 0.15) is 34.1 Å². The topological polar surface area (TPSA) is 24.9 Å². The number of anilines is 1. The third kappa shape index (κ3) is 4.09. The fourth-order valence-corrected chi connectivity index (χ4v) is 2.33. The molecule has 80 valence electrons. The number of nitrogens with one attached hydrogen (secondary N) is 1. The molecular formula is C11H20N2S. The van der Waals surface area contributed by atoms with Gasteiger partial charge < -0.3 is 5.32 Å². The van der Waals surface area contributed by atoms with E-state index in [2.05, 4.69) is 38.0 Å². The van der Waals surface area contributed by atoms with Crippen LogP contribution in [-0.2, 0) is 0 Å². The van der Waals surface area contributed by atoms with E-state index >= 15 is 0 Å². The Bertz CT molecular complexity index is 252. The summed E-state index contributed by atoms with van der Waals surface area (Å²) in [7, 11) is 0. The van der Waals surface area contributed by atoms with Gasteiger partial charge in [0.15, 0.2) is 5.13 Å². The Morgan fingerprint density at radius 2 is 2.21 bits per heavy atom. The van der Waals surface area contributed by atoms with E-state index in [0.717, 1.165) is 17.6 Å². The molecule has 0 aliphatic rings. The zero-order valence-corrected chi connectivity index (χ0v) is 10.3. The molecule has 0 saturated carbocycles. The van der Waals surface area contributed by atoms with Gasteiger partial charge in [0, 0.05) is 18.1 Å². The van der Waals surface area contributed by atoms with E-state index in [4.69, 9.17) is 0 Å². The average Bonchev–Trinajstić information content (AvgIpc) is 2.50. The van der Waals surface area contributed by atoms with Gasteiger partial charge in [0.2, 0.25) is 0 Å². The van der Waals surface area contributed by atoms with Crippen molar-refractivity contribution in [3.05, 3.63) is 11.6 Å². The Kier molecular flexibility index (Phi) is 3.93. The van der Waals surface area contributed by atoms with Gasteiger partial charge in [-0.2, -0.15) is 0 Å². The van der Waals surface area contributed by atoms with Gasteiger partial charge in [-0.05, 0) is 17.8 Å². The average molecular weight is 212 g/mol. The van der Waals surface area contributed by atoms with Crippen LogP contribution >= 0.6 is 11.3 Å². The highest BCUT2D eigenvalue weighted by Gasteiger charge is 2.19. The predicted octanol–water partition coefficient (Wildman–Crippen LogP) is 3.63. The van der Waals surface area contributed by atoms with Crippen molar-refractivity contribution in [1.29, 1.82) is 0 Å². The van der Waals surface area contributed by atoms with Crippen molar-refractivity contribution in [2.45, 2.75) is 34.1 Å². The minimum Gasteiger partial charge on any atom is -0.361 e. The molecule has 0 saturated heterocycles. The third-order valence-corrected chi connectivity index (χ3v) is 2.84. The molecule has 1 N–H and O–H groups in total. The number of hydrogen-bond acceptors (Lipinski definition) is 3. The Labute approximate surface area is 90.8 Å². The summed E-state index contributed by atoms with van der Waals surface area (Å²) in [4.78, 5) is 4.21. The summed E-state index contributed by atoms with van der Waals surface area (Å²) in [6.45, 7) is 10.1. The maximum Gasteiger partial charge on any atom is 0.182 e. The lowest BCUT2D eigenvalue weighted by Crippen LogP contribution is -2.24. The van der Waals surface area contributed by atoms with Gasteiger partial charge >= 0.3 is 0 Å². The van der Waals surface area contributed by atoms with Gasteiger partial charge in [0.1, 0.15) is 0 Å². The minimum atomic E-state index is 0.347. The predicted molar refractivity (Wildman–Crippen MR) is 63.8 cm³/mol. The van der Waals surface area contributed by atoms with Crippen molar-refractivity contribution in [3.8, 4) is 0 Å². The monoisotopic (exact) mass is 212 g/mol. The first-order chi connectivity index (χ1) is 6.49. The Morgan fingerprint density at radius 1 is 1.50 bits per heavy atom. The molecular weight excluding hydrogens is 192 g/mol. The van der Waals surface area contributed by atoms with E-state index in [1.54, 1.807) is 11.3 Å². The number of rotatable bonds is 5. The van der Waals surface area contributed by atoms with Crippen molar-refractivity contribution in [1.82, 2.24) is 4.98 Å². The van der Waals surface area contributed by atoms with E-state index in [-0.39, 0.29) is 0 Å². The number of hydrogen-bond donors (Lipinski definition) is 1. The highest BCUT2D eigenvalue weighted by atomic mass is 32.1. The molecule has 1 heterocycles. The number of thiazole rings is 1. The summed E-state index contributed by atoms with van der Waals surface area (Å²) in [5, 5.41) is 6.40. The summed E-state index contributed by atoms with van der Waals surface area (Å²) in [5.41, 5.74) is 0.347. The van der Waals surface area contributed by atoms with Crippen LogP contribution in [0.3, 0.4) is 0 Å². The van der Waals surface area contributed by atoms with Crippen LogP contribution in [0.4, 0.5) is 5.13 Å². The molecule has 1 aromatic rings. The molecule has 0 amide bonds. The Balaban J connectivity index is 2.36. The second-order valence-corrected chi connectivity index (χ2v) is 5.85. The van der Waals surface area contributed by atoms with Crippen LogP contribution < -0.4 is 5.32 Å². The molecule has 1 rings (SSSR count). The smallest absolute Gasteiger partial charge is 0.182 e. The highest BCUT2D eigenvalue weighted by Crippen LogP contribution is 2.25. The number of nitrogens with zero attached hydrogens (tertiary/aromatic N) is 1. The van der Waals surface area contributed by atoms with Gasteiger partial charge in [-0.25, -0.2) is 4.98 Å². The van der Waals surface area contributed by atoms with Gasteiger partial charge in [-0.1, -0.05) is 27.7 Å². The fourth-order valence-electron chi connectivity index (χ4n) is 1.80. The van der Waals surface area contributed by atoms with Crippen molar-refractivity contribution in [2.24, 2.45) is 11.3 Å². The second kappa shape index (κ2) is 4.78. The lowest BCUT2D eigenvalue weighted by Gasteiger charge is -2.26.